The fourth-order valence-corrected chi connectivity index (χ4v) is 3.70. The summed E-state index contributed by atoms with van der Waals surface area (Å²) in [5.41, 5.74) is 1.19. The second-order valence-electron chi connectivity index (χ2n) is 9.48. The topological polar surface area (TPSA) is 78.9 Å². The lowest BCUT2D eigenvalue weighted by Gasteiger charge is -2.42. The van der Waals surface area contributed by atoms with Crippen LogP contribution in [0.5, 0.6) is 5.75 Å². The SMILES string of the molecule is CC(C)C1=CN(CCCC(=O)O)C(=O)NC1(C)c1ccc(OCC(C)(C)C)c(Cl)c1. The van der Waals surface area contributed by atoms with Gasteiger partial charge in [0.2, 0.25) is 0 Å². The van der Waals surface area contributed by atoms with Crippen molar-refractivity contribution in [3.05, 3.63) is 40.6 Å². The first-order chi connectivity index (χ1) is 13.8. The average molecular weight is 437 g/mol. The van der Waals surface area contributed by atoms with Gasteiger partial charge in [-0.2, -0.15) is 0 Å². The lowest BCUT2D eigenvalue weighted by Crippen LogP contribution is -2.54. The van der Waals surface area contributed by atoms with Gasteiger partial charge in [-0.1, -0.05) is 52.3 Å². The summed E-state index contributed by atoms with van der Waals surface area (Å²) >= 11 is 6.51. The summed E-state index contributed by atoms with van der Waals surface area (Å²) in [6.45, 7) is 13.3. The molecule has 166 valence electrons. The number of ether oxygens (including phenoxy) is 1. The number of benzene rings is 1. The van der Waals surface area contributed by atoms with Crippen LogP contribution in [0.25, 0.3) is 0 Å². The molecule has 1 aromatic carbocycles. The summed E-state index contributed by atoms with van der Waals surface area (Å²) < 4.78 is 5.86. The van der Waals surface area contributed by atoms with Crippen LogP contribution < -0.4 is 10.1 Å². The molecule has 2 N–H and O–H groups in total. The first-order valence-electron chi connectivity index (χ1n) is 10.3. The zero-order valence-corrected chi connectivity index (χ0v) is 19.5. The third-order valence-corrected chi connectivity index (χ3v) is 5.37. The van der Waals surface area contributed by atoms with E-state index in [1.807, 2.05) is 31.3 Å². The van der Waals surface area contributed by atoms with Crippen LogP contribution in [0.2, 0.25) is 5.02 Å². The Hall–Kier alpha value is -2.21. The van der Waals surface area contributed by atoms with Crippen LogP contribution in [-0.2, 0) is 10.3 Å². The molecule has 7 heteroatoms. The van der Waals surface area contributed by atoms with E-state index in [-0.39, 0.29) is 23.8 Å². The van der Waals surface area contributed by atoms with E-state index in [9.17, 15) is 9.59 Å². The molecule has 0 saturated carbocycles. The first-order valence-corrected chi connectivity index (χ1v) is 10.7. The van der Waals surface area contributed by atoms with Crippen LogP contribution in [0.15, 0.2) is 30.0 Å². The lowest BCUT2D eigenvalue weighted by atomic mass is 9.78. The van der Waals surface area contributed by atoms with E-state index >= 15 is 0 Å². The van der Waals surface area contributed by atoms with E-state index in [1.165, 1.54) is 0 Å². The van der Waals surface area contributed by atoms with Crippen molar-refractivity contribution in [1.29, 1.82) is 0 Å². The van der Waals surface area contributed by atoms with Crippen LogP contribution in [0.4, 0.5) is 4.79 Å². The Bertz CT molecular complexity index is 829. The Labute approximate surface area is 184 Å². The maximum atomic E-state index is 12.8. The van der Waals surface area contributed by atoms with Crippen molar-refractivity contribution in [2.75, 3.05) is 13.2 Å². The molecule has 2 rings (SSSR count). The lowest BCUT2D eigenvalue weighted by molar-refractivity contribution is -0.137. The Morgan fingerprint density at radius 2 is 2.00 bits per heavy atom. The molecule has 0 saturated heterocycles. The number of nitrogens with one attached hydrogen (secondary N) is 1. The van der Waals surface area contributed by atoms with Crippen LogP contribution in [-0.4, -0.2) is 35.2 Å². The minimum Gasteiger partial charge on any atom is -0.491 e. The highest BCUT2D eigenvalue weighted by molar-refractivity contribution is 6.32. The summed E-state index contributed by atoms with van der Waals surface area (Å²) in [4.78, 5) is 25.1. The van der Waals surface area contributed by atoms with Crippen molar-refractivity contribution in [2.24, 2.45) is 11.3 Å². The molecule has 6 nitrogen and oxygen atoms in total. The second-order valence-corrected chi connectivity index (χ2v) is 9.89. The second kappa shape index (κ2) is 9.29. The monoisotopic (exact) mass is 436 g/mol. The maximum Gasteiger partial charge on any atom is 0.322 e. The first kappa shape index (κ1) is 24.1. The van der Waals surface area contributed by atoms with Crippen LogP contribution in [0.3, 0.4) is 0 Å². The highest BCUT2D eigenvalue weighted by atomic mass is 35.5. The Kier molecular flexibility index (Phi) is 7.45. The van der Waals surface area contributed by atoms with Crippen molar-refractivity contribution < 1.29 is 19.4 Å². The highest BCUT2D eigenvalue weighted by Gasteiger charge is 2.39. The van der Waals surface area contributed by atoms with Crippen molar-refractivity contribution in [2.45, 2.75) is 59.9 Å². The number of aliphatic carboxylic acids is 1. The van der Waals surface area contributed by atoms with Gasteiger partial charge < -0.3 is 20.1 Å². The van der Waals surface area contributed by atoms with Crippen LogP contribution in [0.1, 0.15) is 59.9 Å². The van der Waals surface area contributed by atoms with E-state index in [0.717, 1.165) is 11.1 Å². The molecule has 1 aliphatic rings. The number of carboxylic acids is 1. The molecule has 0 aromatic heterocycles. The van der Waals surface area contributed by atoms with Crippen molar-refractivity contribution in [3.63, 3.8) is 0 Å². The van der Waals surface area contributed by atoms with Crippen molar-refractivity contribution in [3.8, 4) is 5.75 Å². The predicted molar refractivity (Wildman–Crippen MR) is 119 cm³/mol. The Morgan fingerprint density at radius 3 is 2.53 bits per heavy atom. The van der Waals surface area contributed by atoms with Gasteiger partial charge in [-0.3, -0.25) is 4.79 Å². The molecule has 1 atom stereocenters. The van der Waals surface area contributed by atoms with E-state index in [0.29, 0.717) is 30.3 Å². The Morgan fingerprint density at radius 1 is 1.33 bits per heavy atom. The van der Waals surface area contributed by atoms with Gasteiger partial charge in [-0.25, -0.2) is 4.79 Å². The molecule has 0 fully saturated rings. The van der Waals surface area contributed by atoms with E-state index in [4.69, 9.17) is 21.4 Å². The van der Waals surface area contributed by atoms with Gasteiger partial charge in [0.05, 0.1) is 17.2 Å². The molecule has 2 amide bonds. The summed E-state index contributed by atoms with van der Waals surface area (Å²) in [7, 11) is 0. The molecule has 1 aliphatic heterocycles. The number of urea groups is 1. The molecule has 1 aromatic rings. The number of amides is 2. The average Bonchev–Trinajstić information content (AvgIpc) is 2.61. The van der Waals surface area contributed by atoms with Gasteiger partial charge in [0.1, 0.15) is 5.75 Å². The number of nitrogens with zero attached hydrogens (tertiary/aromatic N) is 1. The summed E-state index contributed by atoms with van der Waals surface area (Å²) in [6, 6.07) is 5.37. The third-order valence-electron chi connectivity index (χ3n) is 5.07. The van der Waals surface area contributed by atoms with Crippen molar-refractivity contribution >= 4 is 23.6 Å². The number of halogens is 1. The quantitative estimate of drug-likeness (QED) is 0.571. The van der Waals surface area contributed by atoms with Crippen molar-refractivity contribution in [1.82, 2.24) is 10.2 Å². The molecule has 1 heterocycles. The largest absolute Gasteiger partial charge is 0.491 e. The molecule has 0 spiro atoms. The number of hydrogen-bond donors (Lipinski definition) is 2. The van der Waals surface area contributed by atoms with E-state index in [2.05, 4.69) is 39.9 Å². The molecular weight excluding hydrogens is 404 g/mol. The number of hydrogen-bond acceptors (Lipinski definition) is 3. The van der Waals surface area contributed by atoms with E-state index in [1.54, 1.807) is 4.90 Å². The zero-order valence-electron chi connectivity index (χ0n) is 18.7. The maximum absolute atomic E-state index is 12.8. The minimum atomic E-state index is -0.867. The van der Waals surface area contributed by atoms with Crippen LogP contribution >= 0.6 is 11.6 Å². The Balaban J connectivity index is 2.31. The number of carboxylic acid groups (broad SMARTS) is 1. The number of carbonyl (C=O) groups excluding carboxylic acids is 1. The standard InChI is InChI=1S/C23H33ClN2O4/c1-15(2)17-13-26(11-7-8-20(27)28)21(29)25-23(17,6)16-9-10-19(18(24)12-16)30-14-22(3,4)5/h9-10,12-13,15H,7-8,11,14H2,1-6H3,(H,25,29)(H,27,28). The van der Waals surface area contributed by atoms with Crippen LogP contribution in [0, 0.1) is 11.3 Å². The molecular formula is C23H33ClN2O4. The summed E-state index contributed by atoms with van der Waals surface area (Å²) in [5, 5.41) is 12.5. The fraction of sp³-hybridized carbons (Fsp3) is 0.565. The molecule has 1 unspecified atom stereocenters. The number of rotatable bonds is 8. The van der Waals surface area contributed by atoms with Gasteiger partial charge >= 0.3 is 12.0 Å². The van der Waals surface area contributed by atoms with Gasteiger partial charge in [-0.05, 0) is 47.9 Å². The van der Waals surface area contributed by atoms with Gasteiger partial charge in [0.25, 0.3) is 0 Å². The fourth-order valence-electron chi connectivity index (χ4n) is 3.47. The predicted octanol–water partition coefficient (Wildman–Crippen LogP) is 5.41. The molecule has 0 bridgehead atoms. The smallest absolute Gasteiger partial charge is 0.322 e. The van der Waals surface area contributed by atoms with E-state index < -0.39 is 11.5 Å². The normalized spacial score (nSPS) is 19.5. The summed E-state index contributed by atoms with van der Waals surface area (Å²) in [5.74, 6) is -0.0895. The summed E-state index contributed by atoms with van der Waals surface area (Å²) in [6.07, 6.45) is 2.27. The third kappa shape index (κ3) is 5.91. The zero-order chi connectivity index (χ0) is 22.7. The van der Waals surface area contributed by atoms with Gasteiger partial charge in [-0.15, -0.1) is 0 Å². The molecule has 0 radical (unpaired) electrons. The molecule has 0 aliphatic carbocycles. The highest BCUT2D eigenvalue weighted by Crippen LogP contribution is 2.39. The van der Waals surface area contributed by atoms with Gasteiger partial charge in [0, 0.05) is 19.2 Å². The number of carbonyl (C=O) groups is 2. The van der Waals surface area contributed by atoms with Gasteiger partial charge in [0.15, 0.2) is 0 Å². The molecule has 30 heavy (non-hydrogen) atoms. The minimum absolute atomic E-state index is 0.0168.